The summed E-state index contributed by atoms with van der Waals surface area (Å²) in [5.41, 5.74) is 3.90. The monoisotopic (exact) mass is 212 g/mol. The highest BCUT2D eigenvalue weighted by Crippen LogP contribution is 2.28. The molecular formula is C11H17ClN2. The lowest BCUT2D eigenvalue weighted by atomic mass is 9.93. The first kappa shape index (κ1) is 11.5. The van der Waals surface area contributed by atoms with E-state index in [4.69, 9.17) is 17.4 Å². The molecule has 0 spiro atoms. The number of benzene rings is 1. The number of nitrogens with two attached hydrogens (primary N) is 1. The second-order valence-electron chi connectivity index (χ2n) is 3.55. The quantitative estimate of drug-likeness (QED) is 0.595. The first-order valence-electron chi connectivity index (χ1n) is 4.91. The smallest absolute Gasteiger partial charge is 0.0500 e. The summed E-state index contributed by atoms with van der Waals surface area (Å²) in [4.78, 5) is 0. The molecule has 0 aromatic heterocycles. The zero-order valence-electron chi connectivity index (χ0n) is 8.63. The van der Waals surface area contributed by atoms with E-state index in [0.29, 0.717) is 5.92 Å². The predicted octanol–water partition coefficient (Wildman–Crippen LogP) is 2.89. The fourth-order valence-electron chi connectivity index (χ4n) is 1.52. The third kappa shape index (κ3) is 2.47. The van der Waals surface area contributed by atoms with E-state index in [9.17, 15) is 0 Å². The first-order chi connectivity index (χ1) is 6.70. The Kier molecular flexibility index (Phi) is 4.39. The Labute approximate surface area is 90.4 Å². The van der Waals surface area contributed by atoms with Crippen LogP contribution in [0.15, 0.2) is 24.3 Å². The predicted molar refractivity (Wildman–Crippen MR) is 61.0 cm³/mol. The molecule has 78 valence electrons. The Morgan fingerprint density at radius 2 is 2.07 bits per heavy atom. The molecule has 0 bridgehead atoms. The number of hydrogen-bond acceptors (Lipinski definition) is 2. The van der Waals surface area contributed by atoms with Crippen LogP contribution in [-0.2, 0) is 0 Å². The Bertz CT molecular complexity index is 288. The van der Waals surface area contributed by atoms with E-state index in [1.54, 1.807) is 0 Å². The van der Waals surface area contributed by atoms with Gasteiger partial charge in [0.15, 0.2) is 0 Å². The Morgan fingerprint density at radius 3 is 2.57 bits per heavy atom. The molecule has 2 unspecified atom stereocenters. The summed E-state index contributed by atoms with van der Waals surface area (Å²) in [7, 11) is 0. The van der Waals surface area contributed by atoms with Crippen LogP contribution in [-0.4, -0.2) is 0 Å². The van der Waals surface area contributed by atoms with Gasteiger partial charge in [-0.1, -0.05) is 50.1 Å². The number of halogens is 1. The van der Waals surface area contributed by atoms with Crippen LogP contribution >= 0.6 is 11.6 Å². The zero-order chi connectivity index (χ0) is 10.6. The van der Waals surface area contributed by atoms with Crippen LogP contribution in [0.2, 0.25) is 5.02 Å². The lowest BCUT2D eigenvalue weighted by Gasteiger charge is -2.23. The van der Waals surface area contributed by atoms with Gasteiger partial charge in [-0.3, -0.25) is 11.3 Å². The lowest BCUT2D eigenvalue weighted by molar-refractivity contribution is 0.383. The Morgan fingerprint density at radius 1 is 1.43 bits per heavy atom. The normalized spacial score (nSPS) is 15.1. The molecule has 0 amide bonds. The topological polar surface area (TPSA) is 38.0 Å². The van der Waals surface area contributed by atoms with Crippen molar-refractivity contribution >= 4 is 11.6 Å². The van der Waals surface area contributed by atoms with Crippen molar-refractivity contribution in [1.29, 1.82) is 0 Å². The van der Waals surface area contributed by atoms with Gasteiger partial charge in [0, 0.05) is 11.1 Å². The molecule has 0 aliphatic heterocycles. The van der Waals surface area contributed by atoms with Gasteiger partial charge in [0.2, 0.25) is 0 Å². The number of nitrogens with one attached hydrogen (secondary N) is 1. The summed E-state index contributed by atoms with van der Waals surface area (Å²) < 4.78 is 0. The highest BCUT2D eigenvalue weighted by molar-refractivity contribution is 6.31. The maximum Gasteiger partial charge on any atom is 0.0500 e. The number of rotatable bonds is 4. The molecular weight excluding hydrogens is 196 g/mol. The third-order valence-electron chi connectivity index (χ3n) is 2.63. The SMILES string of the molecule is CCC(C)C(NN)c1ccccc1Cl. The minimum Gasteiger partial charge on any atom is -0.271 e. The zero-order valence-corrected chi connectivity index (χ0v) is 9.38. The van der Waals surface area contributed by atoms with Gasteiger partial charge in [0.1, 0.15) is 0 Å². The molecule has 2 nitrogen and oxygen atoms in total. The van der Waals surface area contributed by atoms with Gasteiger partial charge in [-0.05, 0) is 17.5 Å². The van der Waals surface area contributed by atoms with Gasteiger partial charge >= 0.3 is 0 Å². The third-order valence-corrected chi connectivity index (χ3v) is 2.98. The molecule has 0 saturated heterocycles. The van der Waals surface area contributed by atoms with E-state index in [-0.39, 0.29) is 6.04 Å². The van der Waals surface area contributed by atoms with Crippen molar-refractivity contribution in [2.45, 2.75) is 26.3 Å². The van der Waals surface area contributed by atoms with E-state index >= 15 is 0 Å². The fraction of sp³-hybridized carbons (Fsp3) is 0.455. The summed E-state index contributed by atoms with van der Waals surface area (Å²) in [6.07, 6.45) is 1.07. The van der Waals surface area contributed by atoms with Crippen LogP contribution in [0.3, 0.4) is 0 Å². The first-order valence-corrected chi connectivity index (χ1v) is 5.29. The maximum absolute atomic E-state index is 6.10. The van der Waals surface area contributed by atoms with E-state index in [0.717, 1.165) is 17.0 Å². The molecule has 3 N–H and O–H groups in total. The van der Waals surface area contributed by atoms with Crippen molar-refractivity contribution in [3.63, 3.8) is 0 Å². The standard InChI is InChI=1S/C11H17ClN2/c1-3-8(2)11(14-13)9-6-4-5-7-10(9)12/h4-8,11,14H,3,13H2,1-2H3. The highest BCUT2D eigenvalue weighted by Gasteiger charge is 2.18. The summed E-state index contributed by atoms with van der Waals surface area (Å²) in [5.74, 6) is 6.01. The van der Waals surface area contributed by atoms with Gasteiger partial charge in [-0.25, -0.2) is 0 Å². The molecule has 0 heterocycles. The Hall–Kier alpha value is -0.570. The second-order valence-corrected chi connectivity index (χ2v) is 3.96. The minimum atomic E-state index is 0.133. The highest BCUT2D eigenvalue weighted by atomic mass is 35.5. The van der Waals surface area contributed by atoms with Crippen LogP contribution < -0.4 is 11.3 Å². The average Bonchev–Trinajstić information content (AvgIpc) is 2.21. The molecule has 0 aliphatic carbocycles. The van der Waals surface area contributed by atoms with Crippen LogP contribution in [0, 0.1) is 5.92 Å². The van der Waals surface area contributed by atoms with Crippen LogP contribution in [0.1, 0.15) is 31.9 Å². The average molecular weight is 213 g/mol. The molecule has 2 atom stereocenters. The number of hydrazine groups is 1. The number of hydrogen-bond donors (Lipinski definition) is 2. The van der Waals surface area contributed by atoms with Gasteiger partial charge in [0.25, 0.3) is 0 Å². The maximum atomic E-state index is 6.10. The molecule has 1 aromatic rings. The van der Waals surface area contributed by atoms with Gasteiger partial charge in [-0.2, -0.15) is 0 Å². The lowest BCUT2D eigenvalue weighted by Crippen LogP contribution is -2.32. The molecule has 0 saturated carbocycles. The van der Waals surface area contributed by atoms with E-state index in [1.165, 1.54) is 0 Å². The van der Waals surface area contributed by atoms with E-state index in [2.05, 4.69) is 19.3 Å². The van der Waals surface area contributed by atoms with E-state index < -0.39 is 0 Å². The molecule has 0 aliphatic rings. The molecule has 1 aromatic carbocycles. The summed E-state index contributed by atoms with van der Waals surface area (Å²) in [5, 5.41) is 0.774. The van der Waals surface area contributed by atoms with Crippen LogP contribution in [0.25, 0.3) is 0 Å². The largest absolute Gasteiger partial charge is 0.271 e. The van der Waals surface area contributed by atoms with Crippen molar-refractivity contribution in [1.82, 2.24) is 5.43 Å². The van der Waals surface area contributed by atoms with Crippen molar-refractivity contribution in [3.05, 3.63) is 34.9 Å². The summed E-state index contributed by atoms with van der Waals surface area (Å²) in [6, 6.07) is 7.95. The minimum absolute atomic E-state index is 0.133. The molecule has 0 radical (unpaired) electrons. The fourth-order valence-corrected chi connectivity index (χ4v) is 1.78. The van der Waals surface area contributed by atoms with Crippen LogP contribution in [0.4, 0.5) is 0 Å². The van der Waals surface area contributed by atoms with E-state index in [1.807, 2.05) is 24.3 Å². The van der Waals surface area contributed by atoms with Gasteiger partial charge < -0.3 is 0 Å². The molecule has 1 rings (SSSR count). The van der Waals surface area contributed by atoms with Crippen molar-refractivity contribution < 1.29 is 0 Å². The second kappa shape index (κ2) is 5.35. The van der Waals surface area contributed by atoms with Gasteiger partial charge in [-0.15, -0.1) is 0 Å². The van der Waals surface area contributed by atoms with Crippen molar-refractivity contribution in [2.24, 2.45) is 11.8 Å². The van der Waals surface area contributed by atoms with Crippen LogP contribution in [0.5, 0.6) is 0 Å². The molecule has 14 heavy (non-hydrogen) atoms. The summed E-state index contributed by atoms with van der Waals surface area (Å²) >= 11 is 6.10. The Balaban J connectivity index is 2.94. The van der Waals surface area contributed by atoms with Gasteiger partial charge in [0.05, 0.1) is 0 Å². The molecule has 0 fully saturated rings. The van der Waals surface area contributed by atoms with Crippen molar-refractivity contribution in [2.75, 3.05) is 0 Å². The summed E-state index contributed by atoms with van der Waals surface area (Å²) in [6.45, 7) is 4.31. The molecule has 3 heteroatoms. The van der Waals surface area contributed by atoms with Crippen molar-refractivity contribution in [3.8, 4) is 0 Å².